The molecule has 1 aromatic heterocycles. The van der Waals surface area contributed by atoms with Gasteiger partial charge in [0.2, 0.25) is 0 Å². The molecule has 0 saturated heterocycles. The number of aliphatic hydroxyl groups is 1. The lowest BCUT2D eigenvalue weighted by Gasteiger charge is -2.37. The number of thiazole rings is 1. The molecule has 17 heavy (non-hydrogen) atoms. The molecule has 0 spiro atoms. The van der Waals surface area contributed by atoms with E-state index in [1.165, 1.54) is 30.0 Å². The first-order valence-electron chi connectivity index (χ1n) is 6.61. The number of hydrogen-bond acceptors (Lipinski definition) is 4. The van der Waals surface area contributed by atoms with Crippen molar-refractivity contribution in [1.82, 2.24) is 9.88 Å². The quantitative estimate of drug-likeness (QED) is 0.812. The largest absolute Gasteiger partial charge is 0.396 e. The van der Waals surface area contributed by atoms with E-state index in [1.54, 1.807) is 11.3 Å². The molecule has 96 valence electrons. The number of aromatic nitrogens is 1. The Morgan fingerprint density at radius 2 is 2.35 bits per heavy atom. The minimum Gasteiger partial charge on any atom is -0.396 e. The van der Waals surface area contributed by atoms with Crippen LogP contribution in [0.4, 0.5) is 0 Å². The zero-order valence-electron chi connectivity index (χ0n) is 10.6. The van der Waals surface area contributed by atoms with Gasteiger partial charge in [-0.3, -0.25) is 4.90 Å². The van der Waals surface area contributed by atoms with Gasteiger partial charge in [0.15, 0.2) is 0 Å². The van der Waals surface area contributed by atoms with Crippen LogP contribution in [-0.4, -0.2) is 34.2 Å². The SMILES string of the molecule is CCc1nc(CN(CCCO)C2CCC2)cs1. The average molecular weight is 254 g/mol. The molecule has 1 aliphatic rings. The van der Waals surface area contributed by atoms with Crippen LogP contribution in [0, 0.1) is 0 Å². The van der Waals surface area contributed by atoms with Crippen LogP contribution in [0.3, 0.4) is 0 Å². The highest BCUT2D eigenvalue weighted by atomic mass is 32.1. The Bertz CT molecular complexity index is 336. The van der Waals surface area contributed by atoms with Gasteiger partial charge in [0, 0.05) is 31.1 Å². The summed E-state index contributed by atoms with van der Waals surface area (Å²) in [7, 11) is 0. The molecule has 0 atom stereocenters. The maximum atomic E-state index is 8.96. The van der Waals surface area contributed by atoms with E-state index in [9.17, 15) is 0 Å². The molecule has 0 aliphatic heterocycles. The van der Waals surface area contributed by atoms with Gasteiger partial charge in [-0.2, -0.15) is 0 Å². The standard InChI is InChI=1S/C13H22N2OS/c1-2-13-14-11(10-17-13)9-15(7-4-8-16)12-5-3-6-12/h10,12,16H,2-9H2,1H3. The fourth-order valence-corrected chi connectivity index (χ4v) is 2.94. The van der Waals surface area contributed by atoms with Gasteiger partial charge in [-0.25, -0.2) is 4.98 Å². The summed E-state index contributed by atoms with van der Waals surface area (Å²) in [6.45, 7) is 4.40. The van der Waals surface area contributed by atoms with E-state index in [4.69, 9.17) is 5.11 Å². The molecule has 1 aliphatic carbocycles. The number of nitrogens with zero attached hydrogens (tertiary/aromatic N) is 2. The molecule has 1 N–H and O–H groups in total. The summed E-state index contributed by atoms with van der Waals surface area (Å²) in [6.07, 6.45) is 5.90. The zero-order chi connectivity index (χ0) is 12.1. The van der Waals surface area contributed by atoms with Gasteiger partial charge in [0.1, 0.15) is 0 Å². The Balaban J connectivity index is 1.90. The molecule has 0 unspecified atom stereocenters. The zero-order valence-corrected chi connectivity index (χ0v) is 11.4. The topological polar surface area (TPSA) is 36.4 Å². The molecular weight excluding hydrogens is 232 g/mol. The second-order valence-electron chi connectivity index (χ2n) is 4.72. The lowest BCUT2D eigenvalue weighted by Crippen LogP contribution is -2.40. The molecule has 3 nitrogen and oxygen atoms in total. The minimum atomic E-state index is 0.292. The van der Waals surface area contributed by atoms with Crippen LogP contribution in [0.2, 0.25) is 0 Å². The monoisotopic (exact) mass is 254 g/mol. The van der Waals surface area contributed by atoms with Crippen molar-refractivity contribution in [2.75, 3.05) is 13.2 Å². The number of hydrogen-bond donors (Lipinski definition) is 1. The van der Waals surface area contributed by atoms with Crippen LogP contribution in [0.5, 0.6) is 0 Å². The van der Waals surface area contributed by atoms with Crippen LogP contribution in [0.15, 0.2) is 5.38 Å². The third kappa shape index (κ3) is 3.50. The van der Waals surface area contributed by atoms with Gasteiger partial charge in [0.25, 0.3) is 0 Å². The number of aryl methyl sites for hydroxylation is 1. The summed E-state index contributed by atoms with van der Waals surface area (Å²) in [5.41, 5.74) is 1.21. The lowest BCUT2D eigenvalue weighted by molar-refractivity contribution is 0.108. The molecule has 1 saturated carbocycles. The Hall–Kier alpha value is -0.450. The fourth-order valence-electron chi connectivity index (χ4n) is 2.21. The maximum Gasteiger partial charge on any atom is 0.0926 e. The van der Waals surface area contributed by atoms with Crippen molar-refractivity contribution in [1.29, 1.82) is 0 Å². The summed E-state index contributed by atoms with van der Waals surface area (Å²) in [4.78, 5) is 7.13. The lowest BCUT2D eigenvalue weighted by atomic mass is 9.91. The van der Waals surface area contributed by atoms with E-state index in [0.717, 1.165) is 32.0 Å². The molecule has 1 aromatic rings. The predicted octanol–water partition coefficient (Wildman–Crippen LogP) is 2.44. The molecule has 1 fully saturated rings. The first kappa shape index (κ1) is 13.0. The van der Waals surface area contributed by atoms with Gasteiger partial charge >= 0.3 is 0 Å². The normalized spacial score (nSPS) is 16.4. The fraction of sp³-hybridized carbons (Fsp3) is 0.769. The molecule has 0 amide bonds. The smallest absolute Gasteiger partial charge is 0.0926 e. The van der Waals surface area contributed by atoms with Crippen molar-refractivity contribution in [3.05, 3.63) is 16.1 Å². The second-order valence-corrected chi connectivity index (χ2v) is 5.66. The molecule has 4 heteroatoms. The first-order chi connectivity index (χ1) is 8.33. The van der Waals surface area contributed by atoms with E-state index in [0.29, 0.717) is 6.61 Å². The minimum absolute atomic E-state index is 0.292. The molecule has 0 aromatic carbocycles. The third-order valence-electron chi connectivity index (χ3n) is 3.46. The van der Waals surface area contributed by atoms with Crippen molar-refractivity contribution in [3.63, 3.8) is 0 Å². The third-order valence-corrected chi connectivity index (χ3v) is 4.50. The van der Waals surface area contributed by atoms with Gasteiger partial charge in [0.05, 0.1) is 10.7 Å². The summed E-state index contributed by atoms with van der Waals surface area (Å²) < 4.78 is 0. The number of aliphatic hydroxyl groups excluding tert-OH is 1. The highest BCUT2D eigenvalue weighted by molar-refractivity contribution is 7.09. The Morgan fingerprint density at radius 3 is 2.88 bits per heavy atom. The van der Waals surface area contributed by atoms with Crippen LogP contribution in [0.25, 0.3) is 0 Å². The van der Waals surface area contributed by atoms with Gasteiger partial charge < -0.3 is 5.11 Å². The first-order valence-corrected chi connectivity index (χ1v) is 7.49. The maximum absolute atomic E-state index is 8.96. The summed E-state index contributed by atoms with van der Waals surface area (Å²) in [5, 5.41) is 12.4. The van der Waals surface area contributed by atoms with Gasteiger partial charge in [-0.15, -0.1) is 11.3 Å². The van der Waals surface area contributed by atoms with E-state index in [2.05, 4.69) is 22.2 Å². The molecule has 1 heterocycles. The van der Waals surface area contributed by atoms with E-state index in [-0.39, 0.29) is 0 Å². The van der Waals surface area contributed by atoms with Crippen molar-refractivity contribution in [3.8, 4) is 0 Å². The Labute approximate surface area is 107 Å². The average Bonchev–Trinajstić information content (AvgIpc) is 2.71. The van der Waals surface area contributed by atoms with Crippen molar-refractivity contribution in [2.24, 2.45) is 0 Å². The molecule has 0 bridgehead atoms. The van der Waals surface area contributed by atoms with Crippen molar-refractivity contribution < 1.29 is 5.11 Å². The van der Waals surface area contributed by atoms with Crippen molar-refractivity contribution >= 4 is 11.3 Å². The highest BCUT2D eigenvalue weighted by Crippen LogP contribution is 2.26. The summed E-state index contributed by atoms with van der Waals surface area (Å²) >= 11 is 1.77. The molecular formula is C13H22N2OS. The van der Waals surface area contributed by atoms with Crippen LogP contribution >= 0.6 is 11.3 Å². The van der Waals surface area contributed by atoms with Crippen LogP contribution < -0.4 is 0 Å². The van der Waals surface area contributed by atoms with E-state index >= 15 is 0 Å². The Morgan fingerprint density at radius 1 is 1.53 bits per heavy atom. The van der Waals surface area contributed by atoms with Crippen LogP contribution in [0.1, 0.15) is 43.3 Å². The second kappa shape index (κ2) is 6.47. The van der Waals surface area contributed by atoms with E-state index < -0.39 is 0 Å². The van der Waals surface area contributed by atoms with Crippen molar-refractivity contribution in [2.45, 2.75) is 51.6 Å². The summed E-state index contributed by atoms with van der Waals surface area (Å²) in [5.74, 6) is 0. The van der Waals surface area contributed by atoms with Crippen LogP contribution in [-0.2, 0) is 13.0 Å². The number of rotatable bonds is 7. The van der Waals surface area contributed by atoms with E-state index in [1.807, 2.05) is 0 Å². The summed E-state index contributed by atoms with van der Waals surface area (Å²) in [6, 6.07) is 0.730. The Kier molecular flexibility index (Phi) is 4.95. The van der Waals surface area contributed by atoms with Gasteiger partial charge in [-0.05, 0) is 25.7 Å². The predicted molar refractivity (Wildman–Crippen MR) is 71.2 cm³/mol. The van der Waals surface area contributed by atoms with Gasteiger partial charge in [-0.1, -0.05) is 13.3 Å². The molecule has 2 rings (SSSR count). The molecule has 0 radical (unpaired) electrons. The highest BCUT2D eigenvalue weighted by Gasteiger charge is 2.24.